The first kappa shape index (κ1) is 12.2. The Hall–Kier alpha value is -0.900. The molecule has 4 N–H and O–H groups in total. The number of nitrogens with two attached hydrogens (primary N) is 1. The Labute approximate surface area is 108 Å². The normalized spacial score (nSPS) is 35.4. The van der Waals surface area contributed by atoms with Crippen LogP contribution in [0.15, 0.2) is 24.3 Å². The minimum Gasteiger partial charge on any atom is -0.392 e. The molecule has 4 atom stereocenters. The van der Waals surface area contributed by atoms with E-state index in [0.717, 1.165) is 25.7 Å². The van der Waals surface area contributed by atoms with Crippen LogP contribution in [-0.4, -0.2) is 17.3 Å². The van der Waals surface area contributed by atoms with Crippen molar-refractivity contribution in [3.63, 3.8) is 0 Å². The van der Waals surface area contributed by atoms with Gasteiger partial charge in [0.2, 0.25) is 0 Å². The molecule has 1 fully saturated rings. The van der Waals surface area contributed by atoms with Gasteiger partial charge in [-0.2, -0.15) is 0 Å². The zero-order valence-corrected chi connectivity index (χ0v) is 10.7. The number of hydrogen-bond donors (Lipinski definition) is 3. The summed E-state index contributed by atoms with van der Waals surface area (Å²) in [6.45, 7) is 0. The third-order valence-corrected chi connectivity index (χ3v) is 4.41. The molecule has 2 aliphatic carbocycles. The smallest absolute Gasteiger partial charge is 0.0693 e. The Balaban J connectivity index is 1.74. The van der Waals surface area contributed by atoms with Crippen LogP contribution >= 0.6 is 0 Å². The summed E-state index contributed by atoms with van der Waals surface area (Å²) < 4.78 is 0. The number of benzene rings is 1. The monoisotopic (exact) mass is 246 g/mol. The Kier molecular flexibility index (Phi) is 3.37. The fraction of sp³-hybridized carbons (Fsp3) is 0.600. The molecule has 0 amide bonds. The second kappa shape index (κ2) is 5.00. The molecule has 0 aromatic heterocycles. The third-order valence-electron chi connectivity index (χ3n) is 4.41. The first-order chi connectivity index (χ1) is 8.75. The van der Waals surface area contributed by atoms with Gasteiger partial charge >= 0.3 is 0 Å². The van der Waals surface area contributed by atoms with Crippen LogP contribution in [-0.2, 0) is 0 Å². The van der Waals surface area contributed by atoms with Gasteiger partial charge in [-0.3, -0.25) is 0 Å². The molecule has 18 heavy (non-hydrogen) atoms. The van der Waals surface area contributed by atoms with E-state index in [1.807, 2.05) is 0 Å². The van der Waals surface area contributed by atoms with Crippen LogP contribution in [0.25, 0.3) is 0 Å². The second-order valence-electron chi connectivity index (χ2n) is 5.65. The number of fused-ring (bicyclic) bond motifs is 1. The van der Waals surface area contributed by atoms with Gasteiger partial charge in [-0.25, -0.2) is 0 Å². The van der Waals surface area contributed by atoms with Crippen LogP contribution in [0.1, 0.15) is 55.3 Å². The lowest BCUT2D eigenvalue weighted by Crippen LogP contribution is -2.43. The molecule has 0 saturated heterocycles. The molecule has 3 heteroatoms. The summed E-state index contributed by atoms with van der Waals surface area (Å²) >= 11 is 0. The van der Waals surface area contributed by atoms with Gasteiger partial charge in [-0.15, -0.1) is 0 Å². The van der Waals surface area contributed by atoms with Gasteiger partial charge in [0.1, 0.15) is 0 Å². The van der Waals surface area contributed by atoms with E-state index < -0.39 is 0 Å². The van der Waals surface area contributed by atoms with Crippen molar-refractivity contribution < 1.29 is 5.11 Å². The van der Waals surface area contributed by atoms with E-state index >= 15 is 0 Å². The SMILES string of the molecule is NC1CC(NC2CCCCC2O)c2ccccc21. The first-order valence-electron chi connectivity index (χ1n) is 7.04. The topological polar surface area (TPSA) is 58.3 Å². The maximum Gasteiger partial charge on any atom is 0.0693 e. The number of nitrogens with one attached hydrogen (secondary N) is 1. The predicted octanol–water partition coefficient (Wildman–Crippen LogP) is 2.02. The molecular weight excluding hydrogens is 224 g/mol. The number of aliphatic hydroxyl groups excluding tert-OH is 1. The number of hydrogen-bond acceptors (Lipinski definition) is 3. The van der Waals surface area contributed by atoms with Crippen molar-refractivity contribution in [2.45, 2.75) is 56.3 Å². The maximum atomic E-state index is 10.0. The first-order valence-corrected chi connectivity index (χ1v) is 7.04. The number of aliphatic hydroxyl groups is 1. The second-order valence-corrected chi connectivity index (χ2v) is 5.65. The summed E-state index contributed by atoms with van der Waals surface area (Å²) in [4.78, 5) is 0. The lowest BCUT2D eigenvalue weighted by atomic mass is 9.91. The Morgan fingerprint density at radius 2 is 1.83 bits per heavy atom. The van der Waals surface area contributed by atoms with E-state index in [1.54, 1.807) is 0 Å². The van der Waals surface area contributed by atoms with Crippen LogP contribution in [0.5, 0.6) is 0 Å². The summed E-state index contributed by atoms with van der Waals surface area (Å²) in [6.07, 6.45) is 5.13. The maximum absolute atomic E-state index is 10.0. The highest BCUT2D eigenvalue weighted by Crippen LogP contribution is 2.38. The van der Waals surface area contributed by atoms with Crippen LogP contribution in [0, 0.1) is 0 Å². The van der Waals surface area contributed by atoms with Crippen LogP contribution in [0.3, 0.4) is 0 Å². The standard InChI is InChI=1S/C15H22N2O/c16-12-9-14(11-6-2-1-5-10(11)12)17-13-7-3-4-8-15(13)18/h1-2,5-6,12-15,17-18H,3-4,7-9,16H2. The summed E-state index contributed by atoms with van der Waals surface area (Å²) in [5.74, 6) is 0. The van der Waals surface area contributed by atoms with Gasteiger partial charge < -0.3 is 16.2 Å². The van der Waals surface area contributed by atoms with E-state index in [0.29, 0.717) is 6.04 Å². The third kappa shape index (κ3) is 2.18. The largest absolute Gasteiger partial charge is 0.392 e. The summed E-state index contributed by atoms with van der Waals surface area (Å²) in [6, 6.07) is 9.10. The zero-order chi connectivity index (χ0) is 12.5. The van der Waals surface area contributed by atoms with Crippen molar-refractivity contribution in [1.82, 2.24) is 5.32 Å². The molecule has 0 aliphatic heterocycles. The Morgan fingerprint density at radius 3 is 2.61 bits per heavy atom. The van der Waals surface area contributed by atoms with Crippen LogP contribution in [0.4, 0.5) is 0 Å². The van der Waals surface area contributed by atoms with E-state index in [-0.39, 0.29) is 18.2 Å². The molecule has 1 saturated carbocycles. The molecule has 0 radical (unpaired) electrons. The molecular formula is C15H22N2O. The fourth-order valence-corrected chi connectivity index (χ4v) is 3.40. The lowest BCUT2D eigenvalue weighted by Gasteiger charge is -2.31. The molecule has 0 spiro atoms. The molecule has 3 rings (SSSR count). The van der Waals surface area contributed by atoms with Crippen molar-refractivity contribution in [2.75, 3.05) is 0 Å². The Bertz CT molecular complexity index is 421. The molecule has 98 valence electrons. The summed E-state index contributed by atoms with van der Waals surface area (Å²) in [7, 11) is 0. The molecule has 2 aliphatic rings. The molecule has 0 bridgehead atoms. The highest BCUT2D eigenvalue weighted by Gasteiger charge is 2.32. The van der Waals surface area contributed by atoms with E-state index in [1.165, 1.54) is 17.5 Å². The van der Waals surface area contributed by atoms with Crippen LogP contribution in [0.2, 0.25) is 0 Å². The highest BCUT2D eigenvalue weighted by molar-refractivity contribution is 5.37. The minimum atomic E-state index is -0.192. The van der Waals surface area contributed by atoms with Crippen molar-refractivity contribution >= 4 is 0 Å². The quantitative estimate of drug-likeness (QED) is 0.748. The van der Waals surface area contributed by atoms with Gasteiger partial charge in [-0.05, 0) is 30.4 Å². The van der Waals surface area contributed by atoms with E-state index in [4.69, 9.17) is 5.73 Å². The molecule has 1 aromatic carbocycles. The average Bonchev–Trinajstić information content (AvgIpc) is 2.70. The van der Waals surface area contributed by atoms with Gasteiger partial charge in [0, 0.05) is 18.1 Å². The van der Waals surface area contributed by atoms with Gasteiger partial charge in [-0.1, -0.05) is 37.1 Å². The van der Waals surface area contributed by atoms with E-state index in [9.17, 15) is 5.11 Å². The number of rotatable bonds is 2. The molecule has 3 nitrogen and oxygen atoms in total. The van der Waals surface area contributed by atoms with Crippen molar-refractivity contribution in [2.24, 2.45) is 5.73 Å². The van der Waals surface area contributed by atoms with Crippen LogP contribution < -0.4 is 11.1 Å². The summed E-state index contributed by atoms with van der Waals surface area (Å²) in [5, 5.41) is 13.7. The fourth-order valence-electron chi connectivity index (χ4n) is 3.40. The van der Waals surface area contributed by atoms with Gasteiger partial charge in [0.05, 0.1) is 6.10 Å². The minimum absolute atomic E-state index is 0.138. The molecule has 1 aromatic rings. The van der Waals surface area contributed by atoms with Crippen molar-refractivity contribution in [1.29, 1.82) is 0 Å². The highest BCUT2D eigenvalue weighted by atomic mass is 16.3. The predicted molar refractivity (Wildman–Crippen MR) is 72.1 cm³/mol. The average molecular weight is 246 g/mol. The molecule has 4 unspecified atom stereocenters. The van der Waals surface area contributed by atoms with E-state index in [2.05, 4.69) is 29.6 Å². The van der Waals surface area contributed by atoms with Gasteiger partial charge in [0.15, 0.2) is 0 Å². The summed E-state index contributed by atoms with van der Waals surface area (Å²) in [5.41, 5.74) is 8.76. The zero-order valence-electron chi connectivity index (χ0n) is 10.7. The van der Waals surface area contributed by atoms with Crippen molar-refractivity contribution in [3.8, 4) is 0 Å². The van der Waals surface area contributed by atoms with Crippen molar-refractivity contribution in [3.05, 3.63) is 35.4 Å². The Morgan fingerprint density at radius 1 is 1.11 bits per heavy atom. The lowest BCUT2D eigenvalue weighted by molar-refractivity contribution is 0.0845. The van der Waals surface area contributed by atoms with Gasteiger partial charge in [0.25, 0.3) is 0 Å². The molecule has 0 heterocycles.